The molecule has 0 aliphatic carbocycles. The van der Waals surface area contributed by atoms with Gasteiger partial charge in [0.2, 0.25) is 8.42 Å². The van der Waals surface area contributed by atoms with Crippen molar-refractivity contribution in [3.05, 3.63) is 121 Å². The van der Waals surface area contributed by atoms with E-state index in [9.17, 15) is 0 Å². The largest absolute Gasteiger partial charge is 0.491 e. The van der Waals surface area contributed by atoms with E-state index in [1.165, 1.54) is 36.4 Å². The van der Waals surface area contributed by atoms with Crippen molar-refractivity contribution in [2.45, 2.75) is 116 Å². The van der Waals surface area contributed by atoms with E-state index in [1.54, 1.807) is 0 Å². The summed E-state index contributed by atoms with van der Waals surface area (Å²) in [5, 5.41) is 0. The lowest BCUT2D eigenvalue weighted by Crippen LogP contribution is -2.07. The molecule has 0 spiro atoms. The van der Waals surface area contributed by atoms with Crippen LogP contribution in [-0.2, 0) is 21.8 Å². The molecule has 2 heterocycles. The van der Waals surface area contributed by atoms with Gasteiger partial charge in [-0.25, -0.2) is 0 Å². The molecule has 4 nitrogen and oxygen atoms in total. The number of benzene rings is 4. The zero-order valence-electron chi connectivity index (χ0n) is 31.5. The average molecular weight is 801 g/mol. The molecular formula is C44H48O4S5+2. The minimum atomic E-state index is -0.279. The molecule has 0 N–H and O–H groups in total. The molecule has 0 unspecified atom stereocenters. The molecule has 6 rings (SSSR count). The van der Waals surface area contributed by atoms with Crippen molar-refractivity contribution >= 4 is 56.2 Å². The van der Waals surface area contributed by atoms with Crippen molar-refractivity contribution in [1.82, 2.24) is 0 Å². The smallest absolute Gasteiger partial charge is 0.221 e. The standard InChI is InChI=1S/C44H48O4S5/c1-29(2)45-33-9-17-37(18-10-33)52(38-19-11-34(12-20-38)46-30(3)4)43-27-25-41(50-43)49-42-26-28-44(51-42)53(39-21-13-35(14-22-39)47-31(5)6)40-23-15-36(16-24-40)48-32(7)8/h9-32H,1-8H3/q+2. The quantitative estimate of drug-likeness (QED) is 0.0912. The fourth-order valence-corrected chi connectivity index (χ4v) is 14.6. The average Bonchev–Trinajstić information content (AvgIpc) is 3.77. The summed E-state index contributed by atoms with van der Waals surface area (Å²) in [7, 11) is -0.559. The van der Waals surface area contributed by atoms with Gasteiger partial charge in [0.05, 0.1) is 32.8 Å². The first-order chi connectivity index (χ1) is 25.5. The van der Waals surface area contributed by atoms with E-state index in [-0.39, 0.29) is 46.2 Å². The lowest BCUT2D eigenvalue weighted by Gasteiger charge is -2.12. The number of thiophene rings is 2. The maximum absolute atomic E-state index is 5.97. The third-order valence-electron chi connectivity index (χ3n) is 7.44. The highest BCUT2D eigenvalue weighted by atomic mass is 32.2. The van der Waals surface area contributed by atoms with E-state index in [1.807, 2.05) is 34.4 Å². The fourth-order valence-electron chi connectivity index (χ4n) is 5.48. The van der Waals surface area contributed by atoms with Gasteiger partial charge in [0.15, 0.2) is 19.6 Å². The second kappa shape index (κ2) is 18.2. The van der Waals surface area contributed by atoms with Crippen LogP contribution in [0.15, 0.2) is 158 Å². The zero-order valence-corrected chi connectivity index (χ0v) is 35.6. The Bertz CT molecular complexity index is 1760. The molecule has 0 bridgehead atoms. The van der Waals surface area contributed by atoms with Gasteiger partial charge in [-0.15, -0.1) is 0 Å². The SMILES string of the molecule is CC(C)Oc1ccc([S+](c2ccc(OC(C)C)cc2)c2ccc(Sc3ccc([S+](c4ccc(OC(C)C)cc4)c4ccc(OC(C)C)cc4)s3)s2)cc1. The van der Waals surface area contributed by atoms with Crippen LogP contribution in [0.4, 0.5) is 0 Å². The van der Waals surface area contributed by atoms with Gasteiger partial charge in [-0.3, -0.25) is 0 Å². The van der Waals surface area contributed by atoms with E-state index >= 15 is 0 Å². The molecule has 4 aromatic carbocycles. The lowest BCUT2D eigenvalue weighted by atomic mass is 10.3. The Hall–Kier alpha value is -3.47. The van der Waals surface area contributed by atoms with Crippen LogP contribution in [0.5, 0.6) is 23.0 Å². The first-order valence-electron chi connectivity index (χ1n) is 17.9. The molecule has 6 aromatic rings. The van der Waals surface area contributed by atoms with E-state index in [4.69, 9.17) is 18.9 Å². The molecule has 0 saturated carbocycles. The summed E-state index contributed by atoms with van der Waals surface area (Å²) in [6, 6.07) is 43.6. The summed E-state index contributed by atoms with van der Waals surface area (Å²) in [6.45, 7) is 16.5. The number of hydrogen-bond acceptors (Lipinski definition) is 7. The van der Waals surface area contributed by atoms with Gasteiger partial charge >= 0.3 is 0 Å². The van der Waals surface area contributed by atoms with Gasteiger partial charge in [0, 0.05) is 12.1 Å². The number of rotatable bonds is 16. The summed E-state index contributed by atoms with van der Waals surface area (Å²) < 4.78 is 29.1. The van der Waals surface area contributed by atoms with Crippen LogP contribution in [0.2, 0.25) is 0 Å². The molecule has 276 valence electrons. The van der Waals surface area contributed by atoms with Crippen molar-refractivity contribution in [3.8, 4) is 23.0 Å². The van der Waals surface area contributed by atoms with Gasteiger partial charge in [0.1, 0.15) is 44.8 Å². The van der Waals surface area contributed by atoms with Gasteiger partial charge in [-0.2, -0.15) is 0 Å². The first-order valence-corrected chi connectivity index (χ1v) is 22.8. The number of ether oxygens (including phenoxy) is 4. The lowest BCUT2D eigenvalue weighted by molar-refractivity contribution is 0.242. The molecule has 0 radical (unpaired) electrons. The van der Waals surface area contributed by atoms with Crippen molar-refractivity contribution in [3.63, 3.8) is 0 Å². The Morgan fingerprint density at radius 2 is 0.604 bits per heavy atom. The maximum Gasteiger partial charge on any atom is 0.221 e. The monoisotopic (exact) mass is 800 g/mol. The van der Waals surface area contributed by atoms with Crippen molar-refractivity contribution in [1.29, 1.82) is 0 Å². The van der Waals surface area contributed by atoms with Crippen LogP contribution in [0.1, 0.15) is 55.4 Å². The topological polar surface area (TPSA) is 36.9 Å². The first kappa shape index (κ1) is 39.2. The van der Waals surface area contributed by atoms with Crippen LogP contribution in [-0.4, -0.2) is 24.4 Å². The minimum absolute atomic E-state index is 0.132. The Kier molecular flexibility index (Phi) is 13.5. The second-order valence-electron chi connectivity index (χ2n) is 13.4. The fraction of sp³-hybridized carbons (Fsp3) is 0.273. The van der Waals surface area contributed by atoms with Crippen molar-refractivity contribution < 1.29 is 18.9 Å². The van der Waals surface area contributed by atoms with E-state index in [0.29, 0.717) is 0 Å². The molecule has 9 heteroatoms. The third-order valence-corrected chi connectivity index (χ3v) is 16.0. The summed E-state index contributed by atoms with van der Waals surface area (Å²) in [5.74, 6) is 3.57. The Morgan fingerprint density at radius 3 is 0.830 bits per heavy atom. The number of hydrogen-bond donors (Lipinski definition) is 0. The normalized spacial score (nSPS) is 11.7. The van der Waals surface area contributed by atoms with Crippen LogP contribution in [0.3, 0.4) is 0 Å². The molecule has 2 aromatic heterocycles. The zero-order chi connectivity index (χ0) is 37.5. The Morgan fingerprint density at radius 1 is 0.358 bits per heavy atom. The predicted molar refractivity (Wildman–Crippen MR) is 226 cm³/mol. The Labute approximate surface area is 333 Å². The van der Waals surface area contributed by atoms with E-state index in [0.717, 1.165) is 23.0 Å². The minimum Gasteiger partial charge on any atom is -0.491 e. The summed E-state index contributed by atoms with van der Waals surface area (Å²) in [5.41, 5.74) is 0. The Balaban J connectivity index is 1.28. The van der Waals surface area contributed by atoms with Crippen molar-refractivity contribution in [2.75, 3.05) is 0 Å². The molecule has 0 saturated heterocycles. The third kappa shape index (κ3) is 10.8. The molecule has 0 atom stereocenters. The predicted octanol–water partition coefficient (Wildman–Crippen LogP) is 13.3. The summed E-state index contributed by atoms with van der Waals surface area (Å²) in [6.07, 6.45) is 0.529. The van der Waals surface area contributed by atoms with Crippen LogP contribution in [0, 0.1) is 0 Å². The van der Waals surface area contributed by atoms with Crippen LogP contribution >= 0.6 is 34.4 Å². The molecule has 0 fully saturated rings. The highest BCUT2D eigenvalue weighted by Crippen LogP contribution is 2.45. The molecule has 53 heavy (non-hydrogen) atoms. The second-order valence-corrected chi connectivity index (χ2v) is 21.7. The highest BCUT2D eigenvalue weighted by Gasteiger charge is 2.33. The van der Waals surface area contributed by atoms with E-state index < -0.39 is 0 Å². The van der Waals surface area contributed by atoms with Crippen LogP contribution in [0.25, 0.3) is 0 Å². The van der Waals surface area contributed by atoms with Crippen LogP contribution < -0.4 is 18.9 Å². The summed E-state index contributed by atoms with van der Waals surface area (Å²) >= 11 is 5.59. The highest BCUT2D eigenvalue weighted by molar-refractivity contribution is 8.04. The maximum atomic E-state index is 5.97. The van der Waals surface area contributed by atoms with Gasteiger partial charge < -0.3 is 18.9 Å². The molecular weight excluding hydrogens is 753 g/mol. The van der Waals surface area contributed by atoms with E-state index in [2.05, 4.69) is 177 Å². The van der Waals surface area contributed by atoms with Gasteiger partial charge in [-0.05, 0) is 165 Å². The molecule has 0 aliphatic heterocycles. The molecule has 0 aliphatic rings. The van der Waals surface area contributed by atoms with Gasteiger partial charge in [-0.1, -0.05) is 34.4 Å². The van der Waals surface area contributed by atoms with Gasteiger partial charge in [0.25, 0.3) is 0 Å². The molecule has 0 amide bonds. The van der Waals surface area contributed by atoms with Crippen molar-refractivity contribution in [2.24, 2.45) is 0 Å². The summed E-state index contributed by atoms with van der Waals surface area (Å²) in [4.78, 5) is 5.03.